The van der Waals surface area contributed by atoms with Crippen molar-refractivity contribution >= 4 is 18.4 Å². The maximum Gasteiger partial charge on any atom is 0.323 e. The molecule has 0 aliphatic carbocycles. The van der Waals surface area contributed by atoms with Gasteiger partial charge in [-0.1, -0.05) is 13.8 Å². The smallest absolute Gasteiger partial charge is 0.323 e. The molecule has 14 heavy (non-hydrogen) atoms. The van der Waals surface area contributed by atoms with E-state index >= 15 is 0 Å². The molecule has 0 radical (unpaired) electrons. The molecule has 0 aliphatic rings. The number of carbonyl (C=O) groups excluding carboxylic acids is 1. The minimum absolute atomic E-state index is 0. The van der Waals surface area contributed by atoms with Crippen molar-refractivity contribution in [2.24, 2.45) is 11.7 Å². The third-order valence-electron chi connectivity index (χ3n) is 1.71. The fraction of sp³-hybridized carbons (Fsp3) is 0.889. The van der Waals surface area contributed by atoms with Gasteiger partial charge in [0.1, 0.15) is 12.1 Å². The molecule has 0 unspecified atom stereocenters. The van der Waals surface area contributed by atoms with E-state index in [4.69, 9.17) is 15.2 Å². The van der Waals surface area contributed by atoms with Crippen LogP contribution in [-0.4, -0.2) is 31.8 Å². The van der Waals surface area contributed by atoms with Crippen molar-refractivity contribution in [1.82, 2.24) is 0 Å². The molecule has 5 heteroatoms. The molecular weight excluding hydrogens is 206 g/mol. The number of methoxy groups -OCH3 is 1. The van der Waals surface area contributed by atoms with Gasteiger partial charge in [0.15, 0.2) is 0 Å². The van der Waals surface area contributed by atoms with Crippen LogP contribution in [0.25, 0.3) is 0 Å². The Bertz CT molecular complexity index is 164. The number of esters is 1. The van der Waals surface area contributed by atoms with Gasteiger partial charge in [-0.3, -0.25) is 4.79 Å². The van der Waals surface area contributed by atoms with E-state index in [0.29, 0.717) is 6.61 Å². The molecule has 0 heterocycles. The predicted octanol–water partition coefficient (Wildman–Crippen LogP) is 0.970. The van der Waals surface area contributed by atoms with Crippen LogP contribution in [0, 0.1) is 5.92 Å². The van der Waals surface area contributed by atoms with E-state index in [1.807, 2.05) is 13.8 Å². The lowest BCUT2D eigenvalue weighted by atomic mass is 10.1. The van der Waals surface area contributed by atoms with Crippen LogP contribution in [0.5, 0.6) is 0 Å². The highest BCUT2D eigenvalue weighted by Gasteiger charge is 2.20. The topological polar surface area (TPSA) is 61.5 Å². The molecule has 0 amide bonds. The van der Waals surface area contributed by atoms with Gasteiger partial charge in [-0.15, -0.1) is 12.4 Å². The molecule has 0 aromatic heterocycles. The van der Waals surface area contributed by atoms with Gasteiger partial charge in [0.25, 0.3) is 0 Å². The Balaban J connectivity index is 0. The lowest BCUT2D eigenvalue weighted by molar-refractivity contribution is -0.153. The minimum Gasteiger partial charge on any atom is -0.459 e. The van der Waals surface area contributed by atoms with Crippen molar-refractivity contribution in [1.29, 1.82) is 0 Å². The normalized spacial score (nSPS) is 14.4. The Labute approximate surface area is 91.5 Å². The van der Waals surface area contributed by atoms with E-state index in [-0.39, 0.29) is 30.4 Å². The van der Waals surface area contributed by atoms with Crippen LogP contribution < -0.4 is 5.73 Å². The number of rotatable bonds is 5. The van der Waals surface area contributed by atoms with E-state index in [9.17, 15) is 4.79 Å². The highest BCUT2D eigenvalue weighted by atomic mass is 35.5. The summed E-state index contributed by atoms with van der Waals surface area (Å²) in [5.41, 5.74) is 5.59. The Morgan fingerprint density at radius 1 is 1.36 bits per heavy atom. The zero-order valence-electron chi connectivity index (χ0n) is 9.15. The molecule has 86 valence electrons. The molecule has 2 atom stereocenters. The van der Waals surface area contributed by atoms with Crippen LogP contribution in [-0.2, 0) is 14.3 Å². The summed E-state index contributed by atoms with van der Waals surface area (Å²) in [6.45, 7) is 5.94. The van der Waals surface area contributed by atoms with E-state index in [0.717, 1.165) is 0 Å². The first-order valence-electron chi connectivity index (χ1n) is 4.44. The van der Waals surface area contributed by atoms with Gasteiger partial charge in [0.2, 0.25) is 0 Å². The van der Waals surface area contributed by atoms with Gasteiger partial charge in [-0.05, 0) is 12.8 Å². The molecule has 4 nitrogen and oxygen atoms in total. The second-order valence-electron chi connectivity index (χ2n) is 3.47. The van der Waals surface area contributed by atoms with Crippen molar-refractivity contribution in [3.63, 3.8) is 0 Å². The number of ether oxygens (including phenoxy) is 2. The van der Waals surface area contributed by atoms with E-state index in [1.165, 1.54) is 0 Å². The fourth-order valence-corrected chi connectivity index (χ4v) is 0.818. The highest BCUT2D eigenvalue weighted by molar-refractivity contribution is 5.85. The largest absolute Gasteiger partial charge is 0.459 e. The second-order valence-corrected chi connectivity index (χ2v) is 3.47. The van der Waals surface area contributed by atoms with Gasteiger partial charge in [-0.25, -0.2) is 0 Å². The van der Waals surface area contributed by atoms with Gasteiger partial charge < -0.3 is 15.2 Å². The molecule has 0 saturated heterocycles. The monoisotopic (exact) mass is 225 g/mol. The Morgan fingerprint density at radius 3 is 2.21 bits per heavy atom. The lowest BCUT2D eigenvalue weighted by Crippen LogP contribution is -2.39. The maximum atomic E-state index is 11.3. The summed E-state index contributed by atoms with van der Waals surface area (Å²) in [6.07, 6.45) is -0.234. The first-order valence-corrected chi connectivity index (χ1v) is 4.44. The van der Waals surface area contributed by atoms with Crippen molar-refractivity contribution in [3.05, 3.63) is 0 Å². The molecule has 0 aliphatic heterocycles. The minimum atomic E-state index is -0.542. The summed E-state index contributed by atoms with van der Waals surface area (Å²) in [5.74, 6) is -0.262. The predicted molar refractivity (Wildman–Crippen MR) is 57.5 cm³/mol. The summed E-state index contributed by atoms with van der Waals surface area (Å²) in [5, 5.41) is 0. The zero-order valence-corrected chi connectivity index (χ0v) is 9.97. The Morgan fingerprint density at radius 2 is 1.86 bits per heavy atom. The van der Waals surface area contributed by atoms with E-state index in [1.54, 1.807) is 14.0 Å². The third-order valence-corrected chi connectivity index (χ3v) is 1.71. The molecule has 0 rings (SSSR count). The Kier molecular flexibility index (Phi) is 9.24. The average Bonchev–Trinajstić information content (AvgIpc) is 2.03. The molecule has 0 aromatic carbocycles. The highest BCUT2D eigenvalue weighted by Crippen LogP contribution is 2.02. The SMILES string of the molecule is COC[C@H](C)OC(=O)[C@H](N)C(C)C.Cl. The lowest BCUT2D eigenvalue weighted by Gasteiger charge is -2.18. The first-order chi connectivity index (χ1) is 5.99. The quantitative estimate of drug-likeness (QED) is 0.709. The number of nitrogens with two attached hydrogens (primary N) is 1. The number of hydrogen-bond acceptors (Lipinski definition) is 4. The van der Waals surface area contributed by atoms with E-state index in [2.05, 4.69) is 0 Å². The van der Waals surface area contributed by atoms with Gasteiger partial charge >= 0.3 is 5.97 Å². The number of hydrogen-bond donors (Lipinski definition) is 1. The summed E-state index contributed by atoms with van der Waals surface area (Å²) in [7, 11) is 1.56. The van der Waals surface area contributed by atoms with Crippen molar-refractivity contribution in [3.8, 4) is 0 Å². The van der Waals surface area contributed by atoms with Gasteiger partial charge in [0.05, 0.1) is 6.61 Å². The maximum absolute atomic E-state index is 11.3. The van der Waals surface area contributed by atoms with Crippen molar-refractivity contribution in [2.75, 3.05) is 13.7 Å². The second kappa shape index (κ2) is 8.03. The van der Waals surface area contributed by atoms with Gasteiger partial charge in [-0.2, -0.15) is 0 Å². The van der Waals surface area contributed by atoms with Crippen molar-refractivity contribution < 1.29 is 14.3 Å². The van der Waals surface area contributed by atoms with Crippen molar-refractivity contribution in [2.45, 2.75) is 32.9 Å². The van der Waals surface area contributed by atoms with E-state index < -0.39 is 6.04 Å². The Hall–Kier alpha value is -0.320. The van der Waals surface area contributed by atoms with Gasteiger partial charge in [0, 0.05) is 7.11 Å². The standard InChI is InChI=1S/C9H19NO3.ClH/c1-6(2)8(10)9(11)13-7(3)5-12-4;/h6-8H,5,10H2,1-4H3;1H/t7-,8+;/m0./s1. The summed E-state index contributed by atoms with van der Waals surface area (Å²) < 4.78 is 9.85. The molecule has 0 fully saturated rings. The molecule has 0 aromatic rings. The third kappa shape index (κ3) is 6.18. The first kappa shape index (κ1) is 16.1. The molecule has 2 N–H and O–H groups in total. The number of halogens is 1. The van der Waals surface area contributed by atoms with Crippen LogP contribution in [0.2, 0.25) is 0 Å². The van der Waals surface area contributed by atoms with Crippen LogP contribution in [0.3, 0.4) is 0 Å². The van der Waals surface area contributed by atoms with Crippen LogP contribution in [0.1, 0.15) is 20.8 Å². The number of carbonyl (C=O) groups is 1. The average molecular weight is 226 g/mol. The summed E-state index contributed by atoms with van der Waals surface area (Å²) in [4.78, 5) is 11.3. The van der Waals surface area contributed by atoms with Crippen LogP contribution in [0.4, 0.5) is 0 Å². The summed E-state index contributed by atoms with van der Waals surface area (Å²) in [6, 6.07) is -0.542. The molecular formula is C9H20ClNO3. The zero-order chi connectivity index (χ0) is 10.4. The molecule has 0 bridgehead atoms. The fourth-order valence-electron chi connectivity index (χ4n) is 0.818. The molecule has 0 saturated carbocycles. The van der Waals surface area contributed by atoms with Crippen LogP contribution in [0.15, 0.2) is 0 Å². The van der Waals surface area contributed by atoms with Crippen LogP contribution >= 0.6 is 12.4 Å². The summed E-state index contributed by atoms with van der Waals surface area (Å²) >= 11 is 0. The molecule has 0 spiro atoms.